The van der Waals surface area contributed by atoms with Crippen LogP contribution in [-0.4, -0.2) is 5.97 Å². The van der Waals surface area contributed by atoms with Crippen LogP contribution in [0.2, 0.25) is 0 Å². The van der Waals surface area contributed by atoms with E-state index in [0.29, 0.717) is 21.9 Å². The summed E-state index contributed by atoms with van der Waals surface area (Å²) < 4.78 is 47.4. The topological polar surface area (TPSA) is 26.3 Å². The molecule has 1 aromatic heterocycles. The fourth-order valence-electron chi connectivity index (χ4n) is 3.21. The molecule has 1 heterocycles. The Labute approximate surface area is 156 Å². The van der Waals surface area contributed by atoms with Crippen molar-refractivity contribution in [3.8, 4) is 16.9 Å². The van der Waals surface area contributed by atoms with Crippen LogP contribution >= 0.6 is 11.3 Å². The van der Waals surface area contributed by atoms with E-state index in [2.05, 4.69) is 0 Å². The number of esters is 1. The summed E-state index contributed by atoms with van der Waals surface area (Å²) in [5, 5.41) is 1.16. The number of halogens is 3. The molecule has 4 aromatic rings. The van der Waals surface area contributed by atoms with E-state index in [1.165, 1.54) is 6.92 Å². The van der Waals surface area contributed by atoms with Crippen LogP contribution in [0.4, 0.5) is 13.2 Å². The van der Waals surface area contributed by atoms with Crippen molar-refractivity contribution in [2.24, 2.45) is 0 Å². The molecule has 0 aliphatic heterocycles. The highest BCUT2D eigenvalue weighted by molar-refractivity contribution is 7.26. The fraction of sp³-hybridized carbons (Fsp3) is 0.0952. The van der Waals surface area contributed by atoms with Gasteiger partial charge in [-0.25, -0.2) is 0 Å². The molecular weight excluding hydrogens is 373 g/mol. The third kappa shape index (κ3) is 3.06. The number of rotatable bonds is 2. The lowest BCUT2D eigenvalue weighted by atomic mass is 9.96. The van der Waals surface area contributed by atoms with E-state index in [1.807, 2.05) is 6.07 Å². The zero-order valence-corrected chi connectivity index (χ0v) is 14.9. The van der Waals surface area contributed by atoms with Gasteiger partial charge >= 0.3 is 12.1 Å². The van der Waals surface area contributed by atoms with Gasteiger partial charge in [0, 0.05) is 32.7 Å². The molecule has 0 saturated heterocycles. The van der Waals surface area contributed by atoms with Crippen LogP contribution in [0.5, 0.6) is 5.75 Å². The molecule has 0 unspecified atom stereocenters. The predicted molar refractivity (Wildman–Crippen MR) is 101 cm³/mol. The maximum Gasteiger partial charge on any atom is 0.417 e. The van der Waals surface area contributed by atoms with Crippen LogP contribution in [0.25, 0.3) is 31.3 Å². The third-order valence-corrected chi connectivity index (χ3v) is 5.44. The van der Waals surface area contributed by atoms with Gasteiger partial charge in [0.25, 0.3) is 0 Å². The van der Waals surface area contributed by atoms with Crippen molar-refractivity contribution in [3.63, 3.8) is 0 Å². The second-order valence-electron chi connectivity index (χ2n) is 6.06. The molecular formula is C21H13F3O2S. The molecule has 0 fully saturated rings. The molecule has 27 heavy (non-hydrogen) atoms. The summed E-state index contributed by atoms with van der Waals surface area (Å²) in [6.07, 6.45) is -4.57. The van der Waals surface area contributed by atoms with Crippen LogP contribution in [0.1, 0.15) is 12.5 Å². The minimum absolute atomic E-state index is 0.0860. The molecule has 0 amide bonds. The summed E-state index contributed by atoms with van der Waals surface area (Å²) in [5.41, 5.74) is 0.386. The molecule has 0 atom stereocenters. The Kier molecular flexibility index (Phi) is 4.15. The summed E-state index contributed by atoms with van der Waals surface area (Å²) in [4.78, 5) is 11.6. The number of hydrogen-bond acceptors (Lipinski definition) is 3. The van der Waals surface area contributed by atoms with Crippen molar-refractivity contribution in [1.29, 1.82) is 0 Å². The van der Waals surface area contributed by atoms with Gasteiger partial charge in [0.05, 0.1) is 5.56 Å². The largest absolute Gasteiger partial charge is 0.426 e. The number of benzene rings is 3. The number of carbonyl (C=O) groups excluding carboxylic acids is 1. The molecule has 3 aromatic carbocycles. The summed E-state index contributed by atoms with van der Waals surface area (Å²) in [7, 11) is 0. The molecule has 0 radical (unpaired) electrons. The van der Waals surface area contributed by atoms with Crippen molar-refractivity contribution < 1.29 is 22.7 Å². The fourth-order valence-corrected chi connectivity index (χ4v) is 4.46. The van der Waals surface area contributed by atoms with E-state index < -0.39 is 17.7 Å². The average molecular weight is 386 g/mol. The summed E-state index contributed by atoms with van der Waals surface area (Å²) in [6, 6.07) is 17.1. The quantitative estimate of drug-likeness (QED) is 0.284. The second-order valence-corrected chi connectivity index (χ2v) is 7.11. The van der Waals surface area contributed by atoms with Crippen molar-refractivity contribution in [2.45, 2.75) is 13.1 Å². The zero-order chi connectivity index (χ0) is 19.2. The maximum absolute atomic E-state index is 13.8. The number of carbonyl (C=O) groups is 1. The van der Waals surface area contributed by atoms with Gasteiger partial charge < -0.3 is 4.74 Å². The molecule has 0 spiro atoms. The van der Waals surface area contributed by atoms with Crippen LogP contribution in [0.15, 0.2) is 60.7 Å². The van der Waals surface area contributed by atoms with Crippen molar-refractivity contribution >= 4 is 37.5 Å². The van der Waals surface area contributed by atoms with E-state index in [1.54, 1.807) is 48.5 Å². The van der Waals surface area contributed by atoms with Gasteiger partial charge in [-0.2, -0.15) is 13.2 Å². The first-order chi connectivity index (χ1) is 12.9. The molecule has 0 bridgehead atoms. The van der Waals surface area contributed by atoms with Gasteiger partial charge in [0.1, 0.15) is 5.75 Å². The third-order valence-electron chi connectivity index (χ3n) is 4.23. The van der Waals surface area contributed by atoms with Crippen LogP contribution in [0, 0.1) is 0 Å². The Morgan fingerprint density at radius 1 is 1.00 bits per heavy atom. The molecule has 6 heteroatoms. The van der Waals surface area contributed by atoms with Crippen molar-refractivity contribution in [2.75, 3.05) is 0 Å². The lowest BCUT2D eigenvalue weighted by Gasteiger charge is -2.16. The van der Waals surface area contributed by atoms with E-state index in [9.17, 15) is 18.0 Å². The number of thiophene rings is 1. The van der Waals surface area contributed by atoms with E-state index in [4.69, 9.17) is 4.74 Å². The SMILES string of the molecule is CC(=O)Oc1cc(C(F)(F)F)c2sc3ccccc3c2c1-c1ccccc1. The van der Waals surface area contributed by atoms with Gasteiger partial charge in [-0.1, -0.05) is 48.5 Å². The molecule has 2 nitrogen and oxygen atoms in total. The minimum atomic E-state index is -4.57. The molecule has 4 rings (SSSR count). The Morgan fingerprint density at radius 3 is 2.33 bits per heavy atom. The summed E-state index contributed by atoms with van der Waals surface area (Å²) in [5.74, 6) is -0.753. The van der Waals surface area contributed by atoms with Crippen molar-refractivity contribution in [3.05, 3.63) is 66.2 Å². The first-order valence-corrected chi connectivity index (χ1v) is 8.97. The number of fused-ring (bicyclic) bond motifs is 3. The molecule has 0 N–H and O–H groups in total. The number of hydrogen-bond donors (Lipinski definition) is 0. The van der Waals surface area contributed by atoms with Crippen molar-refractivity contribution in [1.82, 2.24) is 0 Å². The maximum atomic E-state index is 13.8. The Hall–Kier alpha value is -2.86. The van der Waals surface area contributed by atoms with E-state index in [-0.39, 0.29) is 10.4 Å². The number of alkyl halides is 3. The molecule has 136 valence electrons. The highest BCUT2D eigenvalue weighted by Gasteiger charge is 2.36. The molecule has 0 saturated carbocycles. The first-order valence-electron chi connectivity index (χ1n) is 8.15. The lowest BCUT2D eigenvalue weighted by Crippen LogP contribution is -2.09. The highest BCUT2D eigenvalue weighted by Crippen LogP contribution is 2.50. The van der Waals surface area contributed by atoms with Crippen LogP contribution in [-0.2, 0) is 11.0 Å². The lowest BCUT2D eigenvalue weighted by molar-refractivity contribution is -0.137. The summed E-state index contributed by atoms with van der Waals surface area (Å²) >= 11 is 1.09. The highest BCUT2D eigenvalue weighted by atomic mass is 32.1. The summed E-state index contributed by atoms with van der Waals surface area (Å²) in [6.45, 7) is 1.18. The number of ether oxygens (including phenoxy) is 1. The van der Waals surface area contributed by atoms with Crippen LogP contribution in [0.3, 0.4) is 0 Å². The molecule has 0 aliphatic rings. The predicted octanol–water partition coefficient (Wildman–Crippen LogP) is 6.67. The Morgan fingerprint density at radius 2 is 1.67 bits per heavy atom. The standard InChI is InChI=1S/C21H13F3O2S/c1-12(25)26-16-11-15(21(22,23)24)20-19(14-9-5-6-10-17(14)27-20)18(16)13-7-3-2-4-8-13/h2-11H,1H3. The minimum Gasteiger partial charge on any atom is -0.426 e. The Bertz CT molecular complexity index is 1160. The Balaban J connectivity index is 2.23. The van der Waals surface area contributed by atoms with E-state index in [0.717, 1.165) is 22.1 Å². The normalized spacial score (nSPS) is 11.9. The molecule has 0 aliphatic carbocycles. The second kappa shape index (κ2) is 6.39. The van der Waals surface area contributed by atoms with Gasteiger partial charge in [-0.3, -0.25) is 4.79 Å². The van der Waals surface area contributed by atoms with Crippen LogP contribution < -0.4 is 4.74 Å². The average Bonchev–Trinajstić information content (AvgIpc) is 2.99. The van der Waals surface area contributed by atoms with E-state index >= 15 is 0 Å². The van der Waals surface area contributed by atoms with Gasteiger partial charge in [0.2, 0.25) is 0 Å². The first kappa shape index (κ1) is 17.5. The van der Waals surface area contributed by atoms with Gasteiger partial charge in [0.15, 0.2) is 0 Å². The monoisotopic (exact) mass is 386 g/mol. The van der Waals surface area contributed by atoms with Gasteiger partial charge in [-0.15, -0.1) is 11.3 Å². The van der Waals surface area contributed by atoms with Gasteiger partial charge in [-0.05, 0) is 17.7 Å². The zero-order valence-electron chi connectivity index (χ0n) is 14.1. The smallest absolute Gasteiger partial charge is 0.417 e.